The first kappa shape index (κ1) is 10.5. The highest BCUT2D eigenvalue weighted by Crippen LogP contribution is 2.10. The smallest absolute Gasteiger partial charge is 0.422 e. The number of carbonyl (C=O) groups excluding carboxylic acids is 1. The van der Waals surface area contributed by atoms with Crippen LogP contribution in [0, 0.1) is 12.0 Å². The van der Waals surface area contributed by atoms with Crippen LogP contribution in [0.2, 0.25) is 0 Å². The van der Waals surface area contributed by atoms with Crippen LogP contribution >= 0.6 is 0 Å². The molecule has 0 unspecified atom stereocenters. The minimum absolute atomic E-state index is 0.144. The lowest BCUT2D eigenvalue weighted by atomic mass is 10.2. The van der Waals surface area contributed by atoms with Crippen molar-refractivity contribution in [2.75, 3.05) is 13.2 Å². The first-order valence-corrected chi connectivity index (χ1v) is 4.95. The minimum atomic E-state index is -0.498. The zero-order chi connectivity index (χ0) is 11.4. The van der Waals surface area contributed by atoms with Gasteiger partial charge in [0.2, 0.25) is 0 Å². The first-order valence-electron chi connectivity index (χ1n) is 4.95. The summed E-state index contributed by atoms with van der Waals surface area (Å²) in [5, 5.41) is 9.01. The zero-order valence-corrected chi connectivity index (χ0v) is 8.59. The second-order valence-corrected chi connectivity index (χ2v) is 3.39. The van der Waals surface area contributed by atoms with E-state index in [0.717, 1.165) is 5.56 Å². The van der Waals surface area contributed by atoms with E-state index >= 15 is 0 Å². The second-order valence-electron chi connectivity index (χ2n) is 3.39. The van der Waals surface area contributed by atoms with E-state index in [4.69, 9.17) is 9.84 Å². The summed E-state index contributed by atoms with van der Waals surface area (Å²) in [6.45, 7) is 0.0496. The summed E-state index contributed by atoms with van der Waals surface area (Å²) in [6.07, 6.45) is -0.498. The number of benzene rings is 1. The van der Waals surface area contributed by atoms with Crippen LogP contribution in [0.3, 0.4) is 0 Å². The largest absolute Gasteiger partial charge is 0.446 e. The van der Waals surface area contributed by atoms with Crippen molar-refractivity contribution < 1.29 is 14.6 Å². The Morgan fingerprint density at radius 1 is 1.44 bits per heavy atom. The maximum absolute atomic E-state index is 11.3. The van der Waals surface area contributed by atoms with E-state index in [2.05, 4.69) is 12.0 Å². The fourth-order valence-electron chi connectivity index (χ4n) is 1.38. The molecule has 0 aliphatic carbocycles. The Morgan fingerprint density at radius 3 is 2.88 bits per heavy atom. The average molecular weight is 217 g/mol. The van der Waals surface area contributed by atoms with Crippen molar-refractivity contribution in [1.82, 2.24) is 4.90 Å². The zero-order valence-electron chi connectivity index (χ0n) is 8.59. The molecule has 1 N–H and O–H groups in total. The number of aliphatic hydroxyl groups is 1. The number of ether oxygens (including phenoxy) is 1. The van der Waals surface area contributed by atoms with Crippen LogP contribution < -0.4 is 0 Å². The van der Waals surface area contributed by atoms with Crippen LogP contribution in [-0.2, 0) is 4.74 Å². The van der Waals surface area contributed by atoms with Gasteiger partial charge in [-0.15, -0.1) is 0 Å². The van der Waals surface area contributed by atoms with Crippen LogP contribution in [0.25, 0.3) is 0 Å². The Hall–Kier alpha value is -1.99. The molecule has 1 heterocycles. The molecule has 0 radical (unpaired) electrons. The van der Waals surface area contributed by atoms with E-state index in [1.165, 1.54) is 4.90 Å². The summed E-state index contributed by atoms with van der Waals surface area (Å²) >= 11 is 0. The molecule has 1 aliphatic rings. The van der Waals surface area contributed by atoms with E-state index in [9.17, 15) is 4.79 Å². The molecule has 0 aromatic heterocycles. The molecule has 1 amide bonds. The Kier molecular flexibility index (Phi) is 3.08. The van der Waals surface area contributed by atoms with E-state index in [0.29, 0.717) is 0 Å². The number of hydrogen-bond donors (Lipinski definition) is 1. The van der Waals surface area contributed by atoms with Gasteiger partial charge in [0.15, 0.2) is 0 Å². The Labute approximate surface area is 93.4 Å². The summed E-state index contributed by atoms with van der Waals surface area (Å²) in [5.74, 6) is 2.85. The van der Waals surface area contributed by atoms with Gasteiger partial charge in [0.1, 0.15) is 12.6 Å². The van der Waals surface area contributed by atoms with Crippen LogP contribution in [0.1, 0.15) is 5.56 Å². The number of amides is 1. The van der Waals surface area contributed by atoms with Gasteiger partial charge >= 0.3 is 6.09 Å². The molecule has 0 spiro atoms. The van der Waals surface area contributed by atoms with Crippen molar-refractivity contribution in [3.8, 4) is 12.0 Å². The standard InChI is InChI=1S/C12H11NO3/c14-8-11-9-16-12(15)13(11)7-6-10-4-2-1-3-5-10/h1-5,11,14H,8-9H2/t11-/m1/s1. The number of aliphatic hydroxyl groups excluding tert-OH is 1. The SMILES string of the molecule is O=C1OC[C@@H](CO)N1C#Cc1ccccc1. The molecule has 4 nitrogen and oxygen atoms in total. The minimum Gasteiger partial charge on any atom is -0.446 e. The summed E-state index contributed by atoms with van der Waals surface area (Å²) in [7, 11) is 0. The molecule has 1 fully saturated rings. The van der Waals surface area contributed by atoms with Gasteiger partial charge in [-0.3, -0.25) is 0 Å². The van der Waals surface area contributed by atoms with Crippen molar-refractivity contribution >= 4 is 6.09 Å². The molecule has 1 aromatic rings. The second kappa shape index (κ2) is 4.69. The van der Waals surface area contributed by atoms with E-state index < -0.39 is 6.09 Å². The number of rotatable bonds is 1. The quantitative estimate of drug-likeness (QED) is 0.708. The lowest BCUT2D eigenvalue weighted by molar-refractivity contribution is 0.167. The lowest BCUT2D eigenvalue weighted by Gasteiger charge is -2.10. The third-order valence-electron chi connectivity index (χ3n) is 2.27. The van der Waals surface area contributed by atoms with Crippen LogP contribution in [0.4, 0.5) is 4.79 Å². The van der Waals surface area contributed by atoms with Gasteiger partial charge in [-0.2, -0.15) is 0 Å². The highest BCUT2D eigenvalue weighted by Gasteiger charge is 2.31. The number of cyclic esters (lactones) is 1. The Bertz CT molecular complexity index is 433. The molecular weight excluding hydrogens is 206 g/mol. The van der Waals surface area contributed by atoms with Gasteiger partial charge in [-0.25, -0.2) is 9.69 Å². The molecule has 1 aliphatic heterocycles. The highest BCUT2D eigenvalue weighted by molar-refractivity contribution is 5.72. The Morgan fingerprint density at radius 2 is 2.19 bits per heavy atom. The number of nitrogens with zero attached hydrogens (tertiary/aromatic N) is 1. The number of carbonyl (C=O) groups is 1. The average Bonchev–Trinajstić information content (AvgIpc) is 2.69. The predicted molar refractivity (Wildman–Crippen MR) is 57.4 cm³/mol. The molecule has 0 saturated carbocycles. The van der Waals surface area contributed by atoms with Crippen LogP contribution in [0.5, 0.6) is 0 Å². The van der Waals surface area contributed by atoms with E-state index in [-0.39, 0.29) is 19.3 Å². The first-order chi connectivity index (χ1) is 7.81. The summed E-state index contributed by atoms with van der Waals surface area (Å²) < 4.78 is 4.78. The van der Waals surface area contributed by atoms with Gasteiger partial charge < -0.3 is 9.84 Å². The fraction of sp³-hybridized carbons (Fsp3) is 0.250. The molecule has 16 heavy (non-hydrogen) atoms. The van der Waals surface area contributed by atoms with Gasteiger partial charge in [-0.1, -0.05) is 18.2 Å². The van der Waals surface area contributed by atoms with Gasteiger partial charge in [0, 0.05) is 11.6 Å². The van der Waals surface area contributed by atoms with Gasteiger partial charge in [0.05, 0.1) is 6.61 Å². The molecule has 1 atom stereocenters. The normalized spacial score (nSPS) is 18.9. The fourth-order valence-corrected chi connectivity index (χ4v) is 1.38. The molecule has 2 rings (SSSR count). The predicted octanol–water partition coefficient (Wildman–Crippen LogP) is 0.809. The maximum atomic E-state index is 11.3. The molecule has 1 saturated heterocycles. The monoisotopic (exact) mass is 217 g/mol. The molecule has 1 aromatic carbocycles. The van der Waals surface area contributed by atoms with E-state index in [1.54, 1.807) is 0 Å². The van der Waals surface area contributed by atoms with Crippen molar-refractivity contribution in [1.29, 1.82) is 0 Å². The summed E-state index contributed by atoms with van der Waals surface area (Å²) in [6, 6.07) is 11.7. The lowest BCUT2D eigenvalue weighted by Crippen LogP contribution is -2.31. The summed E-state index contributed by atoms with van der Waals surface area (Å²) in [4.78, 5) is 12.5. The van der Waals surface area contributed by atoms with Crippen molar-refractivity contribution in [3.05, 3.63) is 35.9 Å². The van der Waals surface area contributed by atoms with Crippen LogP contribution in [-0.4, -0.2) is 35.4 Å². The van der Waals surface area contributed by atoms with E-state index in [1.807, 2.05) is 30.3 Å². The van der Waals surface area contributed by atoms with Gasteiger partial charge in [-0.05, 0) is 18.1 Å². The maximum Gasteiger partial charge on any atom is 0.422 e. The summed E-state index contributed by atoms with van der Waals surface area (Å²) in [5.41, 5.74) is 0.818. The highest BCUT2D eigenvalue weighted by atomic mass is 16.6. The Balaban J connectivity index is 2.15. The number of hydrogen-bond acceptors (Lipinski definition) is 3. The topological polar surface area (TPSA) is 49.8 Å². The molecule has 4 heteroatoms. The third-order valence-corrected chi connectivity index (χ3v) is 2.27. The van der Waals surface area contributed by atoms with Crippen molar-refractivity contribution in [2.45, 2.75) is 6.04 Å². The molecule has 82 valence electrons. The van der Waals surface area contributed by atoms with Crippen molar-refractivity contribution in [3.63, 3.8) is 0 Å². The van der Waals surface area contributed by atoms with Crippen LogP contribution in [0.15, 0.2) is 30.3 Å². The molecule has 0 bridgehead atoms. The van der Waals surface area contributed by atoms with Gasteiger partial charge in [0.25, 0.3) is 0 Å². The van der Waals surface area contributed by atoms with Crippen molar-refractivity contribution in [2.24, 2.45) is 0 Å². The third kappa shape index (κ3) is 2.15. The molecular formula is C12H11NO3.